The zero-order valence-electron chi connectivity index (χ0n) is 19.1. The SMILES string of the molecule is CCP(=O)(C(=O)c1c(C)cc(C(C)(C)C)cc1C)C(=O)c1c(OC)cccc1OC. The smallest absolute Gasteiger partial charge is 0.236 e. The Morgan fingerprint density at radius 3 is 1.70 bits per heavy atom. The van der Waals surface area contributed by atoms with E-state index >= 15 is 0 Å². The van der Waals surface area contributed by atoms with Crippen molar-refractivity contribution in [3.63, 3.8) is 0 Å². The van der Waals surface area contributed by atoms with Crippen molar-refractivity contribution in [1.82, 2.24) is 0 Å². The molecular formula is C24H31O5P. The second-order valence-electron chi connectivity index (χ2n) is 8.44. The lowest BCUT2D eigenvalue weighted by Crippen LogP contribution is -2.18. The van der Waals surface area contributed by atoms with Crippen LogP contribution in [0, 0.1) is 13.8 Å². The minimum Gasteiger partial charge on any atom is -0.496 e. The van der Waals surface area contributed by atoms with Gasteiger partial charge in [-0.15, -0.1) is 0 Å². The van der Waals surface area contributed by atoms with E-state index in [1.807, 2.05) is 26.0 Å². The monoisotopic (exact) mass is 430 g/mol. The lowest BCUT2D eigenvalue weighted by molar-refractivity contribution is 0.103. The van der Waals surface area contributed by atoms with Crippen molar-refractivity contribution in [1.29, 1.82) is 0 Å². The summed E-state index contributed by atoms with van der Waals surface area (Å²) in [5.74, 6) is 0.467. The molecule has 1 unspecified atom stereocenters. The van der Waals surface area contributed by atoms with Gasteiger partial charge in [0.1, 0.15) is 17.1 Å². The third-order valence-corrected chi connectivity index (χ3v) is 8.01. The van der Waals surface area contributed by atoms with Gasteiger partial charge in [0.2, 0.25) is 18.2 Å². The van der Waals surface area contributed by atoms with Crippen LogP contribution in [0.4, 0.5) is 0 Å². The number of hydrogen-bond acceptors (Lipinski definition) is 5. The molecule has 0 saturated carbocycles. The average molecular weight is 430 g/mol. The molecule has 0 fully saturated rings. The maximum absolute atomic E-state index is 13.9. The van der Waals surface area contributed by atoms with E-state index in [0.717, 1.165) is 16.7 Å². The van der Waals surface area contributed by atoms with Crippen LogP contribution >= 0.6 is 7.14 Å². The fourth-order valence-corrected chi connectivity index (χ4v) is 5.59. The van der Waals surface area contributed by atoms with Gasteiger partial charge in [0, 0.05) is 11.7 Å². The maximum Gasteiger partial charge on any atom is 0.236 e. The van der Waals surface area contributed by atoms with Gasteiger partial charge in [0.25, 0.3) is 0 Å². The Kier molecular flexibility index (Phi) is 6.98. The van der Waals surface area contributed by atoms with Crippen molar-refractivity contribution in [2.45, 2.75) is 47.0 Å². The molecule has 0 aromatic heterocycles. The molecule has 0 radical (unpaired) electrons. The predicted molar refractivity (Wildman–Crippen MR) is 121 cm³/mol. The summed E-state index contributed by atoms with van der Waals surface area (Å²) < 4.78 is 24.5. The van der Waals surface area contributed by atoms with Crippen LogP contribution in [-0.2, 0) is 9.98 Å². The highest BCUT2D eigenvalue weighted by Gasteiger charge is 2.43. The standard InChI is InChI=1S/C24H31O5P/c1-9-30(27,23(26)21-18(28-7)11-10-12-19(21)29-8)22(25)20-15(2)13-17(14-16(20)3)24(4,5)6/h10-14H,9H2,1-8H3. The minimum absolute atomic E-state index is 0.0441. The Hall–Kier alpha value is -2.39. The lowest BCUT2D eigenvalue weighted by Gasteiger charge is -2.23. The summed E-state index contributed by atoms with van der Waals surface area (Å²) in [4.78, 5) is 27.0. The number of ether oxygens (including phenoxy) is 2. The number of carbonyl (C=O) groups excluding carboxylic acids is 2. The number of hydrogen-bond donors (Lipinski definition) is 0. The van der Waals surface area contributed by atoms with Crippen LogP contribution in [0.5, 0.6) is 11.5 Å². The summed E-state index contributed by atoms with van der Waals surface area (Å²) in [7, 11) is -1.11. The van der Waals surface area contributed by atoms with Crippen molar-refractivity contribution >= 4 is 18.2 Å². The molecular weight excluding hydrogens is 399 g/mol. The molecule has 162 valence electrons. The molecule has 0 bridgehead atoms. The van der Waals surface area contributed by atoms with Gasteiger partial charge in [0.05, 0.1) is 14.2 Å². The molecule has 0 aliphatic rings. The topological polar surface area (TPSA) is 69.7 Å². The number of methoxy groups -OCH3 is 2. The summed E-state index contributed by atoms with van der Waals surface area (Å²) >= 11 is 0. The van der Waals surface area contributed by atoms with Gasteiger partial charge in [-0.05, 0) is 48.1 Å². The fraction of sp³-hybridized carbons (Fsp3) is 0.417. The van der Waals surface area contributed by atoms with Crippen molar-refractivity contribution < 1.29 is 23.6 Å². The van der Waals surface area contributed by atoms with E-state index in [2.05, 4.69) is 20.8 Å². The molecule has 0 spiro atoms. The first-order valence-corrected chi connectivity index (χ1v) is 11.8. The van der Waals surface area contributed by atoms with E-state index in [9.17, 15) is 14.2 Å². The molecule has 0 aliphatic carbocycles. The first kappa shape index (κ1) is 23.9. The highest BCUT2D eigenvalue weighted by atomic mass is 31.2. The zero-order valence-corrected chi connectivity index (χ0v) is 20.0. The van der Waals surface area contributed by atoms with Crippen molar-refractivity contribution in [2.24, 2.45) is 0 Å². The van der Waals surface area contributed by atoms with Crippen molar-refractivity contribution in [3.8, 4) is 11.5 Å². The normalized spacial score (nSPS) is 13.5. The third-order valence-electron chi connectivity index (χ3n) is 5.36. The largest absolute Gasteiger partial charge is 0.496 e. The Morgan fingerprint density at radius 1 is 0.900 bits per heavy atom. The van der Waals surface area contributed by atoms with Crippen LogP contribution in [0.1, 0.15) is 65.1 Å². The molecule has 0 heterocycles. The zero-order chi connectivity index (χ0) is 22.9. The Bertz CT molecular complexity index is 985. The molecule has 0 aliphatic heterocycles. The van der Waals surface area contributed by atoms with Crippen LogP contribution in [-0.4, -0.2) is 31.4 Å². The van der Waals surface area contributed by atoms with E-state index in [-0.39, 0.29) is 28.6 Å². The van der Waals surface area contributed by atoms with Crippen molar-refractivity contribution in [3.05, 3.63) is 58.1 Å². The van der Waals surface area contributed by atoms with E-state index in [1.165, 1.54) is 14.2 Å². The molecule has 0 saturated heterocycles. The van der Waals surface area contributed by atoms with Crippen LogP contribution in [0.25, 0.3) is 0 Å². The first-order chi connectivity index (χ1) is 13.9. The van der Waals surface area contributed by atoms with Gasteiger partial charge >= 0.3 is 0 Å². The highest BCUT2D eigenvalue weighted by Crippen LogP contribution is 2.55. The van der Waals surface area contributed by atoms with Gasteiger partial charge in [-0.2, -0.15) is 0 Å². The van der Waals surface area contributed by atoms with Gasteiger partial charge < -0.3 is 14.0 Å². The summed E-state index contributed by atoms with van der Waals surface area (Å²) in [6.45, 7) is 11.5. The van der Waals surface area contributed by atoms with Crippen LogP contribution in [0.15, 0.2) is 30.3 Å². The molecule has 2 aromatic rings. The molecule has 2 aromatic carbocycles. The van der Waals surface area contributed by atoms with Gasteiger partial charge in [-0.1, -0.05) is 45.9 Å². The number of benzene rings is 2. The fourth-order valence-electron chi connectivity index (χ4n) is 3.54. The lowest BCUT2D eigenvalue weighted by atomic mass is 9.84. The van der Waals surface area contributed by atoms with Crippen molar-refractivity contribution in [2.75, 3.05) is 20.4 Å². The number of carbonyl (C=O) groups is 2. The summed E-state index contributed by atoms with van der Waals surface area (Å²) in [5.41, 5.74) is 1.49. The predicted octanol–water partition coefficient (Wildman–Crippen LogP) is 5.98. The van der Waals surface area contributed by atoms with E-state index < -0.39 is 18.2 Å². The molecule has 0 amide bonds. The van der Waals surface area contributed by atoms with Gasteiger partial charge in [-0.25, -0.2) is 0 Å². The van der Waals surface area contributed by atoms with E-state index in [4.69, 9.17) is 9.47 Å². The number of rotatable bonds is 7. The quantitative estimate of drug-likeness (QED) is 0.505. The molecule has 5 nitrogen and oxygen atoms in total. The van der Waals surface area contributed by atoms with Gasteiger partial charge in [-0.3, -0.25) is 9.59 Å². The molecule has 1 atom stereocenters. The first-order valence-electron chi connectivity index (χ1n) is 9.93. The molecule has 30 heavy (non-hydrogen) atoms. The van der Waals surface area contributed by atoms with E-state index in [0.29, 0.717) is 5.56 Å². The molecule has 2 rings (SSSR count). The summed E-state index contributed by atoms with van der Waals surface area (Å²) in [6.07, 6.45) is -0.0776. The third kappa shape index (κ3) is 4.22. The van der Waals surface area contributed by atoms with Crippen LogP contribution in [0.3, 0.4) is 0 Å². The second kappa shape index (κ2) is 8.77. The Morgan fingerprint density at radius 2 is 1.33 bits per heavy atom. The van der Waals surface area contributed by atoms with E-state index in [1.54, 1.807) is 25.1 Å². The van der Waals surface area contributed by atoms with Gasteiger partial charge in [0.15, 0.2) is 0 Å². The summed E-state index contributed by atoms with van der Waals surface area (Å²) in [6, 6.07) is 8.74. The minimum atomic E-state index is -3.95. The van der Waals surface area contributed by atoms with Crippen LogP contribution in [0.2, 0.25) is 0 Å². The molecule has 6 heteroatoms. The second-order valence-corrected chi connectivity index (χ2v) is 11.4. The average Bonchev–Trinajstić information content (AvgIpc) is 2.70. The Labute approximate surface area is 179 Å². The maximum atomic E-state index is 13.9. The Balaban J connectivity index is 2.66. The van der Waals surface area contributed by atoms with Crippen LogP contribution < -0.4 is 9.47 Å². The highest BCUT2D eigenvalue weighted by molar-refractivity contribution is 7.95. The molecule has 0 N–H and O–H groups in total. The summed E-state index contributed by atoms with van der Waals surface area (Å²) in [5, 5.41) is 0. The number of aryl methyl sites for hydroxylation is 2.